The van der Waals surface area contributed by atoms with E-state index < -0.39 is 25.9 Å². The van der Waals surface area contributed by atoms with Crippen molar-refractivity contribution in [3.63, 3.8) is 0 Å². The van der Waals surface area contributed by atoms with Crippen LogP contribution in [-0.2, 0) is 4.79 Å². The molecule has 0 aliphatic heterocycles. The van der Waals surface area contributed by atoms with Gasteiger partial charge in [0.1, 0.15) is 0 Å². The number of aliphatic carboxylic acids is 1. The van der Waals surface area contributed by atoms with Crippen molar-refractivity contribution in [3.8, 4) is 0 Å². The van der Waals surface area contributed by atoms with Crippen LogP contribution in [0, 0.1) is 0 Å². The summed E-state index contributed by atoms with van der Waals surface area (Å²) in [6.07, 6.45) is 2.16. The van der Waals surface area contributed by atoms with E-state index in [1.165, 1.54) is 0 Å². The standard InChI is InChI=1S/C9H12AsClN2O2/c1-3-9(2,7(14)15)10-6-4-5-12-8(11)13-6/h4-5,10H,3H2,1-2H3,(H,14,15)/t9-/m1/s1. The van der Waals surface area contributed by atoms with Gasteiger partial charge >= 0.3 is 99.7 Å². The molecule has 1 N–H and O–H groups in total. The number of carbonyl (C=O) groups is 1. The zero-order valence-electron chi connectivity index (χ0n) is 8.49. The van der Waals surface area contributed by atoms with E-state index in [0.717, 1.165) is 4.48 Å². The average molecular weight is 291 g/mol. The van der Waals surface area contributed by atoms with Gasteiger partial charge in [-0.3, -0.25) is 0 Å². The molecule has 0 saturated heterocycles. The van der Waals surface area contributed by atoms with Crippen LogP contribution in [0.2, 0.25) is 9.49 Å². The van der Waals surface area contributed by atoms with Gasteiger partial charge < -0.3 is 0 Å². The third-order valence-corrected chi connectivity index (χ3v) is 5.86. The quantitative estimate of drug-likeness (QED) is 0.660. The molecule has 0 aliphatic carbocycles. The van der Waals surface area contributed by atoms with E-state index in [1.807, 2.05) is 6.92 Å². The molecule has 0 spiro atoms. The van der Waals surface area contributed by atoms with E-state index in [1.54, 1.807) is 19.2 Å². The van der Waals surface area contributed by atoms with Gasteiger partial charge in [-0.2, -0.15) is 0 Å². The normalized spacial score (nSPS) is 15.4. The van der Waals surface area contributed by atoms with Crippen molar-refractivity contribution in [1.29, 1.82) is 0 Å². The number of carboxylic acid groups (broad SMARTS) is 1. The summed E-state index contributed by atoms with van der Waals surface area (Å²) in [4.78, 5) is 18.9. The predicted octanol–water partition coefficient (Wildman–Crippen LogP) is 0.865. The molecule has 1 heterocycles. The fraction of sp³-hybridized carbons (Fsp3) is 0.444. The first-order chi connectivity index (χ1) is 6.98. The maximum atomic E-state index is 11.1. The van der Waals surface area contributed by atoms with Crippen LogP contribution in [0.25, 0.3) is 0 Å². The van der Waals surface area contributed by atoms with Crippen LogP contribution >= 0.6 is 11.6 Å². The Kier molecular flexibility index (Phi) is 4.11. The molecule has 1 rings (SSSR count). The van der Waals surface area contributed by atoms with Gasteiger partial charge in [0.15, 0.2) is 0 Å². The zero-order valence-corrected chi connectivity index (χ0v) is 11.3. The Bertz CT molecular complexity index is 375. The molecule has 1 aromatic rings. The molecule has 82 valence electrons. The molecule has 0 amide bonds. The van der Waals surface area contributed by atoms with E-state index >= 15 is 0 Å². The predicted molar refractivity (Wildman–Crippen MR) is 60.1 cm³/mol. The second kappa shape index (κ2) is 4.95. The van der Waals surface area contributed by atoms with Crippen molar-refractivity contribution in [2.75, 3.05) is 0 Å². The molecular weight excluding hydrogens is 278 g/mol. The van der Waals surface area contributed by atoms with E-state index in [2.05, 4.69) is 9.97 Å². The van der Waals surface area contributed by atoms with Crippen LogP contribution in [0.4, 0.5) is 0 Å². The fourth-order valence-electron chi connectivity index (χ4n) is 0.980. The van der Waals surface area contributed by atoms with Crippen LogP contribution < -0.4 is 4.48 Å². The summed E-state index contributed by atoms with van der Waals surface area (Å²) < 4.78 is 0.110. The van der Waals surface area contributed by atoms with Gasteiger partial charge in [-0.05, 0) is 0 Å². The topological polar surface area (TPSA) is 63.1 Å². The third-order valence-electron chi connectivity index (χ3n) is 2.21. The molecule has 2 atom stereocenters. The molecule has 0 bridgehead atoms. The molecule has 4 nitrogen and oxygen atoms in total. The molecule has 0 radical (unpaired) electrons. The summed E-state index contributed by atoms with van der Waals surface area (Å²) >= 11 is 4.78. The Hall–Kier alpha value is -0.602. The number of hydrogen-bond acceptors (Lipinski definition) is 3. The van der Waals surface area contributed by atoms with Crippen molar-refractivity contribution in [3.05, 3.63) is 17.5 Å². The van der Waals surface area contributed by atoms with Crippen LogP contribution in [-0.4, -0.2) is 36.8 Å². The van der Waals surface area contributed by atoms with Crippen LogP contribution in [0.5, 0.6) is 0 Å². The van der Waals surface area contributed by atoms with Crippen LogP contribution in [0.3, 0.4) is 0 Å². The Labute approximate surface area is 99.8 Å². The number of nitrogens with zero attached hydrogens (tertiary/aromatic N) is 2. The first-order valence-corrected chi connectivity index (χ1v) is 6.95. The van der Waals surface area contributed by atoms with E-state index in [-0.39, 0.29) is 5.28 Å². The van der Waals surface area contributed by atoms with Crippen molar-refractivity contribution in [1.82, 2.24) is 9.97 Å². The minimum absolute atomic E-state index is 0.181. The number of halogens is 1. The molecule has 1 unspecified atom stereocenters. The van der Waals surface area contributed by atoms with Crippen molar-refractivity contribution in [2.24, 2.45) is 0 Å². The first-order valence-electron chi connectivity index (χ1n) is 4.48. The van der Waals surface area contributed by atoms with Crippen LogP contribution in [0.1, 0.15) is 20.3 Å². The molecule has 1 aromatic heterocycles. The SMILES string of the molecule is CC[C@@](C)([AsH]c1ccnc(Cl)n1)C(=O)O. The Balaban J connectivity index is 2.89. The van der Waals surface area contributed by atoms with Crippen molar-refractivity contribution < 1.29 is 9.90 Å². The molecule has 0 aromatic carbocycles. The second-order valence-corrected chi connectivity index (χ2v) is 7.58. The number of hydrogen-bond donors (Lipinski definition) is 1. The molecule has 0 aliphatic rings. The summed E-state index contributed by atoms with van der Waals surface area (Å²) in [6, 6.07) is 1.74. The molecular formula is C9H12AsClN2O2. The minimum atomic E-state index is -0.862. The summed E-state index contributed by atoms with van der Waals surface area (Å²) in [5.74, 6) is -0.764. The first kappa shape index (κ1) is 12.5. The van der Waals surface area contributed by atoms with Crippen molar-refractivity contribution >= 4 is 37.8 Å². The monoisotopic (exact) mass is 290 g/mol. The Morgan fingerprint density at radius 3 is 2.87 bits per heavy atom. The summed E-state index contributed by atoms with van der Waals surface area (Å²) in [6.45, 7) is 3.63. The fourth-order valence-corrected chi connectivity index (χ4v) is 3.73. The molecule has 0 fully saturated rings. The molecule has 6 heteroatoms. The Morgan fingerprint density at radius 2 is 2.40 bits per heavy atom. The Morgan fingerprint density at radius 1 is 1.73 bits per heavy atom. The van der Waals surface area contributed by atoms with Gasteiger partial charge in [-0.15, -0.1) is 0 Å². The molecule has 0 saturated carbocycles. The van der Waals surface area contributed by atoms with Gasteiger partial charge in [0.05, 0.1) is 0 Å². The summed E-state index contributed by atoms with van der Waals surface area (Å²) in [5, 5.41) is 9.30. The summed E-state index contributed by atoms with van der Waals surface area (Å²) in [7, 11) is 0. The van der Waals surface area contributed by atoms with Crippen molar-refractivity contribution in [2.45, 2.75) is 24.5 Å². The van der Waals surface area contributed by atoms with Crippen LogP contribution in [0.15, 0.2) is 12.3 Å². The second-order valence-electron chi connectivity index (χ2n) is 3.33. The van der Waals surface area contributed by atoms with Gasteiger partial charge in [-0.25, -0.2) is 0 Å². The van der Waals surface area contributed by atoms with E-state index in [9.17, 15) is 4.79 Å². The number of carboxylic acids is 1. The van der Waals surface area contributed by atoms with Gasteiger partial charge in [0.2, 0.25) is 0 Å². The van der Waals surface area contributed by atoms with Gasteiger partial charge in [0.25, 0.3) is 0 Å². The van der Waals surface area contributed by atoms with E-state index in [0.29, 0.717) is 6.42 Å². The maximum absolute atomic E-state index is 11.1. The zero-order chi connectivity index (χ0) is 11.5. The molecule has 15 heavy (non-hydrogen) atoms. The number of rotatable bonds is 4. The van der Waals surface area contributed by atoms with E-state index in [4.69, 9.17) is 16.7 Å². The summed E-state index contributed by atoms with van der Waals surface area (Å²) in [5.41, 5.74) is 0. The van der Waals surface area contributed by atoms with Gasteiger partial charge in [-0.1, -0.05) is 0 Å². The number of aromatic nitrogens is 2. The average Bonchev–Trinajstić information content (AvgIpc) is 2.17. The van der Waals surface area contributed by atoms with Gasteiger partial charge in [0, 0.05) is 0 Å². The third kappa shape index (κ3) is 3.18.